The first-order chi connectivity index (χ1) is 11.6. The van der Waals surface area contributed by atoms with E-state index in [1.165, 1.54) is 12.4 Å². The Morgan fingerprint density at radius 2 is 1.92 bits per heavy atom. The average molecular weight is 363 g/mol. The molecule has 7 heteroatoms. The normalized spacial score (nSPS) is 19.6. The molecule has 0 spiro atoms. The first-order valence-electron chi connectivity index (χ1n) is 7.49. The standard InChI is InChI=1S/C17H13Cl2FN4/c18-11-6-4-10(5-7-11)14-8-15(24-17(23-14)21-9-22-24)16-12(19)2-1-3-13(16)20/h1-7,9,14-15H,8H2,(H,21,22,23)/t14-,15+/m0/s1. The van der Waals surface area contributed by atoms with Crippen LogP contribution in [0.5, 0.6) is 0 Å². The van der Waals surface area contributed by atoms with Crippen LogP contribution in [0.1, 0.15) is 29.6 Å². The summed E-state index contributed by atoms with van der Waals surface area (Å²) in [6.45, 7) is 0. The van der Waals surface area contributed by atoms with Gasteiger partial charge in [-0.25, -0.2) is 9.07 Å². The van der Waals surface area contributed by atoms with Crippen molar-refractivity contribution in [2.24, 2.45) is 0 Å². The van der Waals surface area contributed by atoms with E-state index in [9.17, 15) is 4.39 Å². The molecule has 2 atom stereocenters. The molecule has 0 aliphatic carbocycles. The van der Waals surface area contributed by atoms with Gasteiger partial charge in [0.15, 0.2) is 0 Å². The highest BCUT2D eigenvalue weighted by Crippen LogP contribution is 2.40. The minimum Gasteiger partial charge on any atom is -0.348 e. The lowest BCUT2D eigenvalue weighted by Crippen LogP contribution is -2.28. The van der Waals surface area contributed by atoms with E-state index in [1.54, 1.807) is 16.8 Å². The average Bonchev–Trinajstić information content (AvgIpc) is 3.04. The van der Waals surface area contributed by atoms with Gasteiger partial charge in [-0.05, 0) is 36.2 Å². The van der Waals surface area contributed by atoms with Crippen LogP contribution in [0.3, 0.4) is 0 Å². The predicted octanol–water partition coefficient (Wildman–Crippen LogP) is 4.87. The van der Waals surface area contributed by atoms with Crippen molar-refractivity contribution in [3.05, 3.63) is 75.8 Å². The largest absolute Gasteiger partial charge is 0.348 e. The van der Waals surface area contributed by atoms with Crippen molar-refractivity contribution in [3.63, 3.8) is 0 Å². The van der Waals surface area contributed by atoms with E-state index in [0.29, 0.717) is 28.0 Å². The van der Waals surface area contributed by atoms with E-state index in [-0.39, 0.29) is 17.9 Å². The number of halogens is 3. The lowest BCUT2D eigenvalue weighted by atomic mass is 9.93. The quantitative estimate of drug-likeness (QED) is 0.706. The lowest BCUT2D eigenvalue weighted by molar-refractivity contribution is 0.416. The Labute approximate surface area is 148 Å². The fourth-order valence-corrected chi connectivity index (χ4v) is 3.52. The minimum atomic E-state index is -0.342. The Morgan fingerprint density at radius 3 is 2.67 bits per heavy atom. The molecule has 3 aromatic rings. The Bertz CT molecular complexity index is 858. The Hall–Kier alpha value is -2.11. The van der Waals surface area contributed by atoms with Crippen LogP contribution in [0.4, 0.5) is 10.3 Å². The van der Waals surface area contributed by atoms with Gasteiger partial charge >= 0.3 is 0 Å². The molecule has 122 valence electrons. The third-order valence-corrected chi connectivity index (χ3v) is 4.82. The number of nitrogens with zero attached hydrogens (tertiary/aromatic N) is 3. The Morgan fingerprint density at radius 1 is 1.12 bits per heavy atom. The van der Waals surface area contributed by atoms with E-state index in [0.717, 1.165) is 5.56 Å². The molecule has 24 heavy (non-hydrogen) atoms. The molecule has 1 aromatic heterocycles. The van der Waals surface area contributed by atoms with Crippen LogP contribution in [0.15, 0.2) is 48.8 Å². The highest BCUT2D eigenvalue weighted by Gasteiger charge is 2.32. The van der Waals surface area contributed by atoms with Gasteiger partial charge in [0.05, 0.1) is 12.1 Å². The minimum absolute atomic E-state index is 0.0420. The SMILES string of the molecule is Fc1cccc(Cl)c1[C@H]1C[C@@H](c2ccc(Cl)cc2)Nc2ncnn21. The molecule has 2 aromatic carbocycles. The van der Waals surface area contributed by atoms with Crippen LogP contribution >= 0.6 is 23.2 Å². The van der Waals surface area contributed by atoms with E-state index in [4.69, 9.17) is 23.2 Å². The predicted molar refractivity (Wildman–Crippen MR) is 92.0 cm³/mol. The van der Waals surface area contributed by atoms with E-state index >= 15 is 0 Å². The highest BCUT2D eigenvalue weighted by atomic mass is 35.5. The van der Waals surface area contributed by atoms with Gasteiger partial charge in [-0.3, -0.25) is 0 Å². The van der Waals surface area contributed by atoms with Gasteiger partial charge in [0.25, 0.3) is 0 Å². The van der Waals surface area contributed by atoms with Gasteiger partial charge < -0.3 is 5.32 Å². The van der Waals surface area contributed by atoms with Gasteiger partial charge in [0.1, 0.15) is 12.1 Å². The van der Waals surface area contributed by atoms with Crippen molar-refractivity contribution in [2.45, 2.75) is 18.5 Å². The van der Waals surface area contributed by atoms with E-state index in [2.05, 4.69) is 15.4 Å². The van der Waals surface area contributed by atoms with Crippen molar-refractivity contribution in [1.29, 1.82) is 0 Å². The first-order valence-corrected chi connectivity index (χ1v) is 8.24. The summed E-state index contributed by atoms with van der Waals surface area (Å²) in [4.78, 5) is 4.23. The molecule has 0 unspecified atom stereocenters. The number of benzene rings is 2. The topological polar surface area (TPSA) is 42.7 Å². The maximum Gasteiger partial charge on any atom is 0.222 e. The number of fused-ring (bicyclic) bond motifs is 1. The molecular weight excluding hydrogens is 350 g/mol. The van der Waals surface area contributed by atoms with Crippen molar-refractivity contribution in [3.8, 4) is 0 Å². The summed E-state index contributed by atoms with van der Waals surface area (Å²) in [5, 5.41) is 8.63. The molecule has 0 fully saturated rings. The second-order valence-corrected chi connectivity index (χ2v) is 6.51. The smallest absolute Gasteiger partial charge is 0.222 e. The zero-order valence-electron chi connectivity index (χ0n) is 12.5. The molecule has 0 saturated carbocycles. The summed E-state index contributed by atoms with van der Waals surface area (Å²) < 4.78 is 16.1. The van der Waals surface area contributed by atoms with Gasteiger partial charge in [-0.15, -0.1) is 0 Å². The Kier molecular flexibility index (Phi) is 3.90. The number of hydrogen-bond donors (Lipinski definition) is 1. The molecule has 0 amide bonds. The van der Waals surface area contributed by atoms with Crippen LogP contribution in [-0.4, -0.2) is 14.8 Å². The fraction of sp³-hybridized carbons (Fsp3) is 0.176. The first kappa shape index (κ1) is 15.4. The van der Waals surface area contributed by atoms with Crippen LogP contribution in [0, 0.1) is 5.82 Å². The monoisotopic (exact) mass is 362 g/mol. The fourth-order valence-electron chi connectivity index (χ4n) is 3.10. The zero-order valence-corrected chi connectivity index (χ0v) is 14.0. The summed E-state index contributed by atoms with van der Waals surface area (Å²) in [5.41, 5.74) is 1.48. The van der Waals surface area contributed by atoms with Crippen LogP contribution in [0.25, 0.3) is 0 Å². The van der Waals surface area contributed by atoms with Gasteiger partial charge in [-0.1, -0.05) is 41.4 Å². The zero-order chi connectivity index (χ0) is 16.7. The van der Waals surface area contributed by atoms with Crippen LogP contribution < -0.4 is 5.32 Å². The van der Waals surface area contributed by atoms with Crippen LogP contribution in [-0.2, 0) is 0 Å². The molecule has 4 rings (SSSR count). The van der Waals surface area contributed by atoms with E-state index < -0.39 is 0 Å². The summed E-state index contributed by atoms with van der Waals surface area (Å²) >= 11 is 12.2. The van der Waals surface area contributed by atoms with E-state index in [1.807, 2.05) is 24.3 Å². The molecule has 1 aliphatic rings. The van der Waals surface area contributed by atoms with Gasteiger partial charge in [0.2, 0.25) is 5.95 Å². The van der Waals surface area contributed by atoms with Crippen molar-refractivity contribution >= 4 is 29.2 Å². The van der Waals surface area contributed by atoms with Gasteiger partial charge in [-0.2, -0.15) is 10.1 Å². The second-order valence-electron chi connectivity index (χ2n) is 5.66. The number of aromatic nitrogens is 3. The molecule has 0 bridgehead atoms. The number of rotatable bonds is 2. The van der Waals surface area contributed by atoms with Crippen molar-refractivity contribution in [2.75, 3.05) is 5.32 Å². The summed E-state index contributed by atoms with van der Waals surface area (Å²) in [6, 6.07) is 11.9. The van der Waals surface area contributed by atoms with Gasteiger partial charge in [0, 0.05) is 15.6 Å². The second kappa shape index (κ2) is 6.07. The summed E-state index contributed by atoms with van der Waals surface area (Å²) in [7, 11) is 0. The highest BCUT2D eigenvalue weighted by molar-refractivity contribution is 6.31. The molecule has 0 radical (unpaired) electrons. The third kappa shape index (κ3) is 2.64. The molecular formula is C17H13Cl2FN4. The van der Waals surface area contributed by atoms with Crippen LogP contribution in [0.2, 0.25) is 10.0 Å². The molecule has 4 nitrogen and oxygen atoms in total. The van der Waals surface area contributed by atoms with Crippen molar-refractivity contribution in [1.82, 2.24) is 14.8 Å². The molecule has 0 saturated heterocycles. The molecule has 1 N–H and O–H groups in total. The molecule has 1 aliphatic heterocycles. The molecule has 2 heterocycles. The maximum absolute atomic E-state index is 14.4. The number of anilines is 1. The van der Waals surface area contributed by atoms with Crippen molar-refractivity contribution < 1.29 is 4.39 Å². The number of hydrogen-bond acceptors (Lipinski definition) is 3. The third-order valence-electron chi connectivity index (χ3n) is 4.24. The maximum atomic E-state index is 14.4. The lowest BCUT2D eigenvalue weighted by Gasteiger charge is -2.32. The number of nitrogens with one attached hydrogen (secondary N) is 1. The summed E-state index contributed by atoms with van der Waals surface area (Å²) in [6.07, 6.45) is 2.05. The summed E-state index contributed by atoms with van der Waals surface area (Å²) in [5.74, 6) is 0.247. The Balaban J connectivity index is 1.78.